The van der Waals surface area contributed by atoms with Gasteiger partial charge in [0.25, 0.3) is 5.91 Å². The van der Waals surface area contributed by atoms with E-state index in [1.54, 1.807) is 6.07 Å². The third-order valence-electron chi connectivity index (χ3n) is 8.78. The van der Waals surface area contributed by atoms with Crippen LogP contribution in [0.15, 0.2) is 58.9 Å². The maximum absolute atomic E-state index is 14.0. The highest BCUT2D eigenvalue weighted by atomic mass is 35.5. The maximum atomic E-state index is 14.0. The second kappa shape index (κ2) is 12.7. The number of aryl methyl sites for hydroxylation is 1. The van der Waals surface area contributed by atoms with Gasteiger partial charge in [-0.2, -0.15) is 0 Å². The molecule has 0 saturated carbocycles. The Kier molecular flexibility index (Phi) is 9.23. The fourth-order valence-electron chi connectivity index (χ4n) is 7.09. The van der Waals surface area contributed by atoms with Gasteiger partial charge in [0.2, 0.25) is 0 Å². The maximum Gasteiger partial charge on any atom is 0.262 e. The van der Waals surface area contributed by atoms with Gasteiger partial charge in [-0.05, 0) is 79.3 Å². The molecule has 2 aromatic carbocycles. The van der Waals surface area contributed by atoms with E-state index in [1.807, 2.05) is 44.2 Å². The minimum Gasteiger partial charge on any atom is -0.490 e. The number of Topliss-reactive ketones (excluding diaryl/α,β-unsaturated/α-hetero) is 2. The molecular formula is C37H45ClN2O5. The highest BCUT2D eigenvalue weighted by molar-refractivity contribution is 6.32. The Morgan fingerprint density at radius 3 is 2.11 bits per heavy atom. The van der Waals surface area contributed by atoms with Gasteiger partial charge in [-0.1, -0.05) is 58.4 Å². The van der Waals surface area contributed by atoms with Crippen LogP contribution in [0, 0.1) is 17.8 Å². The summed E-state index contributed by atoms with van der Waals surface area (Å²) in [7, 11) is 0. The second-order valence-electron chi connectivity index (χ2n) is 14.2. The molecule has 1 aliphatic heterocycles. The molecule has 2 aliphatic carbocycles. The lowest BCUT2D eigenvalue weighted by Gasteiger charge is -2.49. The van der Waals surface area contributed by atoms with Crippen LogP contribution in [0.3, 0.4) is 0 Å². The van der Waals surface area contributed by atoms with Gasteiger partial charge in [-0.25, -0.2) is 0 Å². The SMILES string of the molecule is CCCN1C2=C(C(=O)CC(C)(C)C2)C(c2cc(Cl)c(OCC(=O)Nc3cccc(C)c3)c(OCC)c2)C2=C1CC(C)(C)CC2=O. The molecule has 0 unspecified atom stereocenters. The summed E-state index contributed by atoms with van der Waals surface area (Å²) in [5.74, 6) is -0.123. The van der Waals surface area contributed by atoms with Crippen molar-refractivity contribution in [2.24, 2.45) is 10.8 Å². The highest BCUT2D eigenvalue weighted by Crippen LogP contribution is 2.55. The van der Waals surface area contributed by atoms with E-state index in [1.165, 1.54) is 0 Å². The van der Waals surface area contributed by atoms with Gasteiger partial charge in [0.05, 0.1) is 11.6 Å². The molecule has 0 saturated heterocycles. The van der Waals surface area contributed by atoms with E-state index >= 15 is 0 Å². The summed E-state index contributed by atoms with van der Waals surface area (Å²) >= 11 is 6.90. The molecule has 0 fully saturated rings. The molecule has 5 rings (SSSR count). The second-order valence-corrected chi connectivity index (χ2v) is 14.6. The summed E-state index contributed by atoms with van der Waals surface area (Å²) in [5, 5.41) is 3.10. The van der Waals surface area contributed by atoms with E-state index in [9.17, 15) is 14.4 Å². The van der Waals surface area contributed by atoms with E-state index in [0.717, 1.165) is 48.3 Å². The normalized spacial score (nSPS) is 19.3. The summed E-state index contributed by atoms with van der Waals surface area (Å²) in [5.41, 5.74) is 5.48. The first-order valence-corrected chi connectivity index (χ1v) is 16.4. The summed E-state index contributed by atoms with van der Waals surface area (Å²) in [6, 6.07) is 11.1. The topological polar surface area (TPSA) is 84.9 Å². The number of nitrogens with one attached hydrogen (secondary N) is 1. The highest BCUT2D eigenvalue weighted by Gasteiger charge is 2.49. The van der Waals surface area contributed by atoms with Crippen LogP contribution in [0.1, 0.15) is 90.7 Å². The molecule has 3 aliphatic rings. The molecule has 0 radical (unpaired) electrons. The average Bonchev–Trinajstić information content (AvgIpc) is 2.92. The van der Waals surface area contributed by atoms with Gasteiger partial charge in [0.1, 0.15) is 0 Å². The number of amides is 1. The van der Waals surface area contributed by atoms with Crippen LogP contribution in [0.2, 0.25) is 5.02 Å². The molecule has 0 spiro atoms. The number of hydrogen-bond donors (Lipinski definition) is 1. The summed E-state index contributed by atoms with van der Waals surface area (Å²) < 4.78 is 12.0. The first-order valence-electron chi connectivity index (χ1n) is 16.0. The quantitative estimate of drug-likeness (QED) is 0.300. The van der Waals surface area contributed by atoms with E-state index in [4.69, 9.17) is 21.1 Å². The van der Waals surface area contributed by atoms with E-state index in [-0.39, 0.29) is 45.7 Å². The van der Waals surface area contributed by atoms with Gasteiger partial charge in [0, 0.05) is 53.5 Å². The number of ketones is 2. The molecule has 0 atom stereocenters. The van der Waals surface area contributed by atoms with Crippen LogP contribution in [0.5, 0.6) is 11.5 Å². The lowest BCUT2D eigenvalue weighted by atomic mass is 9.63. The van der Waals surface area contributed by atoms with Gasteiger partial charge < -0.3 is 19.7 Å². The predicted octanol–water partition coefficient (Wildman–Crippen LogP) is 8.16. The molecule has 240 valence electrons. The largest absolute Gasteiger partial charge is 0.490 e. The van der Waals surface area contributed by atoms with Crippen molar-refractivity contribution >= 4 is 34.8 Å². The minimum atomic E-state index is -0.550. The minimum absolute atomic E-state index is 0.0683. The van der Waals surface area contributed by atoms with Gasteiger partial charge in [-0.3, -0.25) is 14.4 Å². The molecule has 8 heteroatoms. The van der Waals surface area contributed by atoms with Crippen LogP contribution in [0.4, 0.5) is 5.69 Å². The van der Waals surface area contributed by atoms with Crippen LogP contribution >= 0.6 is 11.6 Å². The standard InChI is InChI=1S/C37H45ClN2O5/c1-8-13-40-26-17-36(4,5)19-28(41)33(26)32(34-27(40)18-37(6,7)20-29(34)42)23-15-25(38)35(30(16-23)44-9-2)45-21-31(43)39-24-12-10-11-22(3)14-24/h10-12,14-16,32H,8-9,13,17-21H2,1-7H3,(H,39,43). The number of halogens is 1. The third kappa shape index (κ3) is 6.84. The molecule has 1 N–H and O–H groups in total. The van der Waals surface area contributed by atoms with Crippen molar-refractivity contribution in [1.82, 2.24) is 4.90 Å². The molecule has 0 bridgehead atoms. The molecule has 7 nitrogen and oxygen atoms in total. The molecular weight excluding hydrogens is 588 g/mol. The Balaban J connectivity index is 1.58. The number of carbonyl (C=O) groups excluding carboxylic acids is 3. The zero-order valence-corrected chi connectivity index (χ0v) is 28.3. The number of ether oxygens (including phenoxy) is 2. The van der Waals surface area contributed by atoms with Crippen molar-refractivity contribution in [2.45, 2.75) is 86.5 Å². The lowest BCUT2D eigenvalue weighted by molar-refractivity contribution is -0.120. The monoisotopic (exact) mass is 632 g/mol. The number of anilines is 1. The van der Waals surface area contributed by atoms with Crippen LogP contribution < -0.4 is 14.8 Å². The molecule has 1 heterocycles. The molecule has 1 amide bonds. The lowest BCUT2D eigenvalue weighted by Crippen LogP contribution is -2.44. The van der Waals surface area contributed by atoms with Gasteiger partial charge in [0.15, 0.2) is 29.7 Å². The van der Waals surface area contributed by atoms with E-state index in [0.29, 0.717) is 42.0 Å². The van der Waals surface area contributed by atoms with Crippen molar-refractivity contribution < 1.29 is 23.9 Å². The summed E-state index contributed by atoms with van der Waals surface area (Å²) in [6.45, 7) is 15.3. The Morgan fingerprint density at radius 1 is 0.933 bits per heavy atom. The van der Waals surface area contributed by atoms with Crippen LogP contribution in [-0.2, 0) is 14.4 Å². The van der Waals surface area contributed by atoms with Crippen molar-refractivity contribution in [1.29, 1.82) is 0 Å². The number of benzene rings is 2. The van der Waals surface area contributed by atoms with Gasteiger partial charge in [-0.15, -0.1) is 0 Å². The first-order chi connectivity index (χ1) is 21.2. The van der Waals surface area contributed by atoms with Crippen molar-refractivity contribution in [3.63, 3.8) is 0 Å². The van der Waals surface area contributed by atoms with Crippen molar-refractivity contribution in [3.05, 3.63) is 75.1 Å². The average molecular weight is 633 g/mol. The first kappa shape index (κ1) is 32.8. The van der Waals surface area contributed by atoms with Crippen LogP contribution in [0.25, 0.3) is 0 Å². The van der Waals surface area contributed by atoms with Crippen molar-refractivity contribution in [2.75, 3.05) is 25.1 Å². The van der Waals surface area contributed by atoms with E-state index in [2.05, 4.69) is 44.8 Å². The number of hydrogen-bond acceptors (Lipinski definition) is 6. The third-order valence-corrected chi connectivity index (χ3v) is 9.06. The molecule has 2 aromatic rings. The zero-order valence-electron chi connectivity index (χ0n) is 27.6. The van der Waals surface area contributed by atoms with Crippen LogP contribution in [-0.4, -0.2) is 42.1 Å². The van der Waals surface area contributed by atoms with Gasteiger partial charge >= 0.3 is 0 Å². The fraction of sp³-hybridized carbons (Fsp3) is 0.486. The fourth-order valence-corrected chi connectivity index (χ4v) is 7.36. The zero-order chi connectivity index (χ0) is 32.7. The number of carbonyl (C=O) groups is 3. The molecule has 45 heavy (non-hydrogen) atoms. The Morgan fingerprint density at radius 2 is 1.56 bits per heavy atom. The Labute approximate surface area is 272 Å². The predicted molar refractivity (Wildman–Crippen MR) is 178 cm³/mol. The summed E-state index contributed by atoms with van der Waals surface area (Å²) in [4.78, 5) is 43.1. The summed E-state index contributed by atoms with van der Waals surface area (Å²) in [6.07, 6.45) is 3.21. The van der Waals surface area contributed by atoms with E-state index < -0.39 is 5.92 Å². The number of rotatable bonds is 9. The Bertz CT molecular complexity index is 1550. The number of allylic oxidation sites excluding steroid dienone is 4. The smallest absolute Gasteiger partial charge is 0.262 e. The number of nitrogens with zero attached hydrogens (tertiary/aromatic N) is 1. The Hall–Kier alpha value is -3.58. The molecule has 0 aromatic heterocycles. The van der Waals surface area contributed by atoms with Crippen molar-refractivity contribution in [3.8, 4) is 11.5 Å².